The first kappa shape index (κ1) is 13.5. The van der Waals surface area contributed by atoms with Gasteiger partial charge in [-0.25, -0.2) is 0 Å². The lowest BCUT2D eigenvalue weighted by Gasteiger charge is -2.35. The normalized spacial score (nSPS) is 21.3. The molecule has 5 nitrogen and oxygen atoms in total. The van der Waals surface area contributed by atoms with Crippen molar-refractivity contribution in [1.29, 1.82) is 0 Å². The third-order valence-electron chi connectivity index (χ3n) is 3.71. The van der Waals surface area contributed by atoms with E-state index >= 15 is 0 Å². The predicted octanol–water partition coefficient (Wildman–Crippen LogP) is 1.17. The highest BCUT2D eigenvalue weighted by Crippen LogP contribution is 2.18. The first-order chi connectivity index (χ1) is 8.81. The lowest BCUT2D eigenvalue weighted by molar-refractivity contribution is 0.133. The Balaban J connectivity index is 1.89. The van der Waals surface area contributed by atoms with Gasteiger partial charge >= 0.3 is 0 Å². The Hall–Kier alpha value is -0.940. The minimum absolute atomic E-state index is 0.655. The van der Waals surface area contributed by atoms with Gasteiger partial charge in [0.2, 0.25) is 0 Å². The number of aromatic nitrogens is 3. The van der Waals surface area contributed by atoms with Crippen LogP contribution in [0.5, 0.6) is 0 Å². The van der Waals surface area contributed by atoms with Gasteiger partial charge in [-0.1, -0.05) is 13.3 Å². The summed E-state index contributed by atoms with van der Waals surface area (Å²) in [4.78, 5) is 2.55. The third kappa shape index (κ3) is 3.53. The van der Waals surface area contributed by atoms with Crippen LogP contribution in [0, 0.1) is 0 Å². The van der Waals surface area contributed by atoms with E-state index in [1.54, 1.807) is 6.33 Å². The van der Waals surface area contributed by atoms with Crippen molar-refractivity contribution < 1.29 is 0 Å². The molecular weight excluding hydrogens is 226 g/mol. The van der Waals surface area contributed by atoms with Gasteiger partial charge in [0.15, 0.2) is 0 Å². The van der Waals surface area contributed by atoms with Crippen LogP contribution in [0.25, 0.3) is 0 Å². The highest BCUT2D eigenvalue weighted by atomic mass is 15.3. The van der Waals surface area contributed by atoms with Crippen LogP contribution in [0.2, 0.25) is 0 Å². The maximum atomic E-state index is 4.19. The number of nitrogens with zero attached hydrogens (tertiary/aromatic N) is 4. The van der Waals surface area contributed by atoms with Crippen LogP contribution >= 0.6 is 0 Å². The van der Waals surface area contributed by atoms with Crippen LogP contribution in [-0.2, 0) is 13.6 Å². The highest BCUT2D eigenvalue weighted by Gasteiger charge is 2.23. The molecule has 0 radical (unpaired) electrons. The topological polar surface area (TPSA) is 46.0 Å². The molecule has 0 saturated carbocycles. The molecule has 102 valence electrons. The molecule has 1 aliphatic heterocycles. The van der Waals surface area contributed by atoms with Crippen molar-refractivity contribution in [2.24, 2.45) is 7.05 Å². The Labute approximate surface area is 110 Å². The van der Waals surface area contributed by atoms with Crippen molar-refractivity contribution in [3.63, 3.8) is 0 Å². The summed E-state index contributed by atoms with van der Waals surface area (Å²) < 4.78 is 2.02. The monoisotopic (exact) mass is 251 g/mol. The molecule has 2 rings (SSSR count). The zero-order chi connectivity index (χ0) is 12.8. The summed E-state index contributed by atoms with van der Waals surface area (Å²) in [6.45, 7) is 6.55. The lowest BCUT2D eigenvalue weighted by atomic mass is 10.0. The Kier molecular flexibility index (Phi) is 5.13. The van der Waals surface area contributed by atoms with E-state index in [-0.39, 0.29) is 0 Å². The van der Waals surface area contributed by atoms with Crippen molar-refractivity contribution in [3.8, 4) is 0 Å². The Morgan fingerprint density at radius 1 is 1.44 bits per heavy atom. The summed E-state index contributed by atoms with van der Waals surface area (Å²) >= 11 is 0. The average Bonchev–Trinajstić information content (AvgIpc) is 2.78. The number of piperidine rings is 1. The van der Waals surface area contributed by atoms with Crippen LogP contribution in [0.4, 0.5) is 0 Å². The maximum Gasteiger partial charge on any atom is 0.146 e. The summed E-state index contributed by atoms with van der Waals surface area (Å²) in [6.07, 6.45) is 6.95. The second kappa shape index (κ2) is 6.85. The summed E-state index contributed by atoms with van der Waals surface area (Å²) in [6, 6.07) is 0.655. The maximum absolute atomic E-state index is 4.19. The van der Waals surface area contributed by atoms with Crippen molar-refractivity contribution in [2.75, 3.05) is 19.6 Å². The first-order valence-corrected chi connectivity index (χ1v) is 7.09. The molecule has 1 aromatic rings. The smallest absolute Gasteiger partial charge is 0.146 e. The molecule has 1 aliphatic rings. The van der Waals surface area contributed by atoms with E-state index in [9.17, 15) is 0 Å². The van der Waals surface area contributed by atoms with E-state index in [0.717, 1.165) is 25.5 Å². The molecule has 0 aliphatic carbocycles. The quantitative estimate of drug-likeness (QED) is 0.771. The number of aryl methyl sites for hydroxylation is 1. The van der Waals surface area contributed by atoms with E-state index in [2.05, 4.69) is 27.3 Å². The third-order valence-corrected chi connectivity index (χ3v) is 3.71. The van der Waals surface area contributed by atoms with Crippen molar-refractivity contribution in [2.45, 2.75) is 45.2 Å². The van der Waals surface area contributed by atoms with Gasteiger partial charge in [-0.15, -0.1) is 10.2 Å². The fourth-order valence-corrected chi connectivity index (χ4v) is 2.58. The second-order valence-corrected chi connectivity index (χ2v) is 5.18. The first-order valence-electron chi connectivity index (χ1n) is 7.09. The van der Waals surface area contributed by atoms with Gasteiger partial charge < -0.3 is 9.88 Å². The van der Waals surface area contributed by atoms with Gasteiger partial charge in [0.05, 0.1) is 6.54 Å². The van der Waals surface area contributed by atoms with Crippen LogP contribution in [0.1, 0.15) is 38.4 Å². The Bertz CT molecular complexity index is 349. The SMILES string of the molecule is CCCNCC1CCCCN1Cc1nncn1C. The van der Waals surface area contributed by atoms with Gasteiger partial charge in [0.1, 0.15) is 12.2 Å². The summed E-state index contributed by atoms with van der Waals surface area (Å²) in [5.74, 6) is 1.07. The average molecular weight is 251 g/mol. The molecule has 18 heavy (non-hydrogen) atoms. The van der Waals surface area contributed by atoms with Gasteiger partial charge in [-0.05, 0) is 32.4 Å². The number of rotatable bonds is 6. The van der Waals surface area contributed by atoms with Crippen LogP contribution in [-0.4, -0.2) is 45.3 Å². The van der Waals surface area contributed by atoms with Crippen molar-refractivity contribution in [3.05, 3.63) is 12.2 Å². The van der Waals surface area contributed by atoms with Crippen molar-refractivity contribution in [1.82, 2.24) is 25.0 Å². The fraction of sp³-hybridized carbons (Fsp3) is 0.846. The van der Waals surface area contributed by atoms with Gasteiger partial charge in [0.25, 0.3) is 0 Å². The summed E-state index contributed by atoms with van der Waals surface area (Å²) in [7, 11) is 2.02. The molecule has 0 amide bonds. The number of nitrogens with one attached hydrogen (secondary N) is 1. The summed E-state index contributed by atoms with van der Waals surface area (Å²) in [5.41, 5.74) is 0. The van der Waals surface area contributed by atoms with Gasteiger partial charge in [-0.2, -0.15) is 0 Å². The van der Waals surface area contributed by atoms with Gasteiger partial charge in [-0.3, -0.25) is 4.90 Å². The molecule has 5 heteroatoms. The fourth-order valence-electron chi connectivity index (χ4n) is 2.58. The molecule has 0 aromatic carbocycles. The molecule has 0 spiro atoms. The molecule has 1 aromatic heterocycles. The molecule has 2 heterocycles. The van der Waals surface area contributed by atoms with Crippen LogP contribution in [0.3, 0.4) is 0 Å². The van der Waals surface area contributed by atoms with E-state index in [0.29, 0.717) is 6.04 Å². The largest absolute Gasteiger partial charge is 0.320 e. The molecule has 1 atom stereocenters. The van der Waals surface area contributed by atoms with E-state index in [4.69, 9.17) is 0 Å². The minimum Gasteiger partial charge on any atom is -0.320 e. The predicted molar refractivity (Wildman–Crippen MR) is 72.2 cm³/mol. The standard InChI is InChI=1S/C13H25N5/c1-3-7-14-9-12-6-4-5-8-18(12)10-13-16-15-11-17(13)2/h11-12,14H,3-10H2,1-2H3. The lowest BCUT2D eigenvalue weighted by Crippen LogP contribution is -2.45. The second-order valence-electron chi connectivity index (χ2n) is 5.18. The van der Waals surface area contributed by atoms with E-state index < -0.39 is 0 Å². The number of likely N-dealkylation sites (tertiary alicyclic amines) is 1. The number of hydrogen-bond donors (Lipinski definition) is 1. The highest BCUT2D eigenvalue weighted by molar-refractivity contribution is 4.88. The number of hydrogen-bond acceptors (Lipinski definition) is 4. The van der Waals surface area contributed by atoms with Crippen molar-refractivity contribution >= 4 is 0 Å². The zero-order valence-electron chi connectivity index (χ0n) is 11.6. The molecule has 1 unspecified atom stereocenters. The van der Waals surface area contributed by atoms with Crippen LogP contribution < -0.4 is 5.32 Å². The molecule has 0 bridgehead atoms. The van der Waals surface area contributed by atoms with Gasteiger partial charge in [0, 0.05) is 19.6 Å². The Morgan fingerprint density at radius 3 is 3.06 bits per heavy atom. The van der Waals surface area contributed by atoms with E-state index in [1.165, 1.54) is 32.2 Å². The zero-order valence-corrected chi connectivity index (χ0v) is 11.6. The summed E-state index contributed by atoms with van der Waals surface area (Å²) in [5, 5.41) is 11.7. The Morgan fingerprint density at radius 2 is 2.33 bits per heavy atom. The van der Waals surface area contributed by atoms with Crippen LogP contribution in [0.15, 0.2) is 6.33 Å². The molecule has 1 N–H and O–H groups in total. The van der Waals surface area contributed by atoms with E-state index in [1.807, 2.05) is 11.6 Å². The molecular formula is C13H25N5. The molecule has 1 saturated heterocycles. The molecule has 1 fully saturated rings. The minimum atomic E-state index is 0.655.